The summed E-state index contributed by atoms with van der Waals surface area (Å²) >= 11 is 0. The number of nitriles is 1. The summed E-state index contributed by atoms with van der Waals surface area (Å²) in [5.74, 6) is -1.18. The highest BCUT2D eigenvalue weighted by Crippen LogP contribution is 2.32. The Morgan fingerprint density at radius 2 is 1.74 bits per heavy atom. The van der Waals surface area contributed by atoms with Gasteiger partial charge in [0.05, 0.1) is 24.8 Å². The van der Waals surface area contributed by atoms with Crippen molar-refractivity contribution in [1.82, 2.24) is 4.57 Å². The van der Waals surface area contributed by atoms with E-state index in [4.69, 9.17) is 10.00 Å². The minimum Gasteiger partial charge on any atom is -0.461 e. The maximum Gasteiger partial charge on any atom is 0.355 e. The zero-order chi connectivity index (χ0) is 19.2. The number of esters is 1. The molecule has 5 heteroatoms. The summed E-state index contributed by atoms with van der Waals surface area (Å²) in [4.78, 5) is 12.6. The number of nitrogens with zero attached hydrogens (tertiary/aromatic N) is 2. The molecule has 0 saturated heterocycles. The van der Waals surface area contributed by atoms with Gasteiger partial charge in [-0.2, -0.15) is 5.26 Å². The van der Waals surface area contributed by atoms with Gasteiger partial charge in [0.1, 0.15) is 5.69 Å². The molecule has 136 valence electrons. The van der Waals surface area contributed by atoms with Crippen molar-refractivity contribution in [2.45, 2.75) is 19.9 Å². The van der Waals surface area contributed by atoms with Crippen LogP contribution in [0.1, 0.15) is 28.5 Å². The summed E-state index contributed by atoms with van der Waals surface area (Å²) in [5.41, 5.74) is 2.01. The molecule has 3 rings (SSSR count). The lowest BCUT2D eigenvalue weighted by atomic mass is 10.1. The maximum absolute atomic E-state index is 15.3. The molecule has 1 aromatic heterocycles. The third kappa shape index (κ3) is 3.75. The van der Waals surface area contributed by atoms with Crippen LogP contribution in [0, 0.1) is 17.1 Å². The first-order valence-electron chi connectivity index (χ1n) is 8.71. The largest absolute Gasteiger partial charge is 0.461 e. The van der Waals surface area contributed by atoms with Crippen LogP contribution in [-0.4, -0.2) is 17.1 Å². The molecule has 0 unspecified atom stereocenters. The van der Waals surface area contributed by atoms with Gasteiger partial charge in [-0.05, 0) is 12.5 Å². The Morgan fingerprint density at radius 3 is 2.33 bits per heavy atom. The molecular formula is C22H19FN2O2. The highest BCUT2D eigenvalue weighted by Gasteiger charge is 2.29. The monoisotopic (exact) mass is 362 g/mol. The van der Waals surface area contributed by atoms with Crippen molar-refractivity contribution in [3.8, 4) is 17.3 Å². The molecule has 0 atom stereocenters. The number of hydrogen-bond donors (Lipinski definition) is 0. The Labute approximate surface area is 157 Å². The first kappa shape index (κ1) is 18.4. The second-order valence-electron chi connectivity index (χ2n) is 5.98. The second kappa shape index (κ2) is 8.33. The SMILES string of the molecule is CCOC(=O)c1c(CC#N)c(F)c(-c2ccccc2)n1Cc1ccccc1. The van der Waals surface area contributed by atoms with Gasteiger partial charge < -0.3 is 9.30 Å². The molecule has 27 heavy (non-hydrogen) atoms. The number of hydrogen-bond acceptors (Lipinski definition) is 3. The van der Waals surface area contributed by atoms with Gasteiger partial charge in [-0.3, -0.25) is 0 Å². The average molecular weight is 362 g/mol. The fourth-order valence-corrected chi connectivity index (χ4v) is 3.12. The number of carbonyl (C=O) groups is 1. The van der Waals surface area contributed by atoms with Gasteiger partial charge in [-0.25, -0.2) is 9.18 Å². The maximum atomic E-state index is 15.3. The molecule has 1 heterocycles. The minimum absolute atomic E-state index is 0.0748. The van der Waals surface area contributed by atoms with E-state index in [1.165, 1.54) is 0 Å². The lowest BCUT2D eigenvalue weighted by Crippen LogP contribution is -2.15. The number of benzene rings is 2. The molecule has 4 nitrogen and oxygen atoms in total. The van der Waals surface area contributed by atoms with Gasteiger partial charge in [-0.1, -0.05) is 60.7 Å². The summed E-state index contributed by atoms with van der Waals surface area (Å²) in [5, 5.41) is 9.16. The van der Waals surface area contributed by atoms with Crippen LogP contribution in [-0.2, 0) is 17.7 Å². The third-order valence-corrected chi connectivity index (χ3v) is 4.25. The molecule has 0 aliphatic heterocycles. The molecule has 0 saturated carbocycles. The van der Waals surface area contributed by atoms with Crippen molar-refractivity contribution in [3.05, 3.63) is 83.3 Å². The number of halogens is 1. The topological polar surface area (TPSA) is 55.0 Å². The van der Waals surface area contributed by atoms with E-state index >= 15 is 4.39 Å². The standard InChI is InChI=1S/C22H19FN2O2/c1-2-27-22(26)21-18(13-14-24)19(23)20(17-11-7-4-8-12-17)25(21)15-16-9-5-3-6-10-16/h3-12H,2,13,15H2,1H3. The lowest BCUT2D eigenvalue weighted by molar-refractivity contribution is 0.0513. The fourth-order valence-electron chi connectivity index (χ4n) is 3.12. The fraction of sp³-hybridized carbons (Fsp3) is 0.182. The van der Waals surface area contributed by atoms with E-state index in [9.17, 15) is 4.79 Å². The summed E-state index contributed by atoms with van der Waals surface area (Å²) < 4.78 is 22.1. The second-order valence-corrected chi connectivity index (χ2v) is 5.98. The summed E-state index contributed by atoms with van der Waals surface area (Å²) in [7, 11) is 0. The van der Waals surface area contributed by atoms with Crippen LogP contribution in [0.2, 0.25) is 0 Å². The highest BCUT2D eigenvalue weighted by atomic mass is 19.1. The molecule has 0 bridgehead atoms. The quantitative estimate of drug-likeness (QED) is 0.603. The highest BCUT2D eigenvalue weighted by molar-refractivity contribution is 5.91. The zero-order valence-corrected chi connectivity index (χ0v) is 15.0. The van der Waals surface area contributed by atoms with Crippen LogP contribution in [0.25, 0.3) is 11.3 Å². The number of rotatable bonds is 6. The van der Waals surface area contributed by atoms with E-state index in [1.54, 1.807) is 23.6 Å². The molecule has 0 fully saturated rings. The van der Waals surface area contributed by atoms with E-state index in [0.29, 0.717) is 12.1 Å². The molecular weight excluding hydrogens is 343 g/mol. The van der Waals surface area contributed by atoms with E-state index in [0.717, 1.165) is 5.56 Å². The Morgan fingerprint density at radius 1 is 1.11 bits per heavy atom. The van der Waals surface area contributed by atoms with Gasteiger partial charge in [0.2, 0.25) is 0 Å². The van der Waals surface area contributed by atoms with Crippen molar-refractivity contribution < 1.29 is 13.9 Å². The van der Waals surface area contributed by atoms with Crippen LogP contribution in [0.3, 0.4) is 0 Å². The molecule has 2 aromatic carbocycles. The Balaban J connectivity index is 2.26. The van der Waals surface area contributed by atoms with Gasteiger partial charge in [-0.15, -0.1) is 0 Å². The Bertz CT molecular complexity index is 973. The van der Waals surface area contributed by atoms with Crippen molar-refractivity contribution in [2.24, 2.45) is 0 Å². The van der Waals surface area contributed by atoms with Crippen LogP contribution >= 0.6 is 0 Å². The number of carbonyl (C=O) groups excluding carboxylic acids is 1. The van der Waals surface area contributed by atoms with E-state index in [1.807, 2.05) is 54.6 Å². The van der Waals surface area contributed by atoms with Gasteiger partial charge in [0.15, 0.2) is 5.82 Å². The molecule has 0 N–H and O–H groups in total. The average Bonchev–Trinajstić information content (AvgIpc) is 2.95. The third-order valence-electron chi connectivity index (χ3n) is 4.25. The summed E-state index contributed by atoms with van der Waals surface area (Å²) in [6.07, 6.45) is -0.207. The smallest absolute Gasteiger partial charge is 0.355 e. The first-order chi connectivity index (χ1) is 13.2. The Hall–Kier alpha value is -3.39. The van der Waals surface area contributed by atoms with Gasteiger partial charge >= 0.3 is 5.97 Å². The Kier molecular flexibility index (Phi) is 5.68. The summed E-state index contributed by atoms with van der Waals surface area (Å²) in [6.45, 7) is 2.16. The molecule has 0 radical (unpaired) electrons. The lowest BCUT2D eigenvalue weighted by Gasteiger charge is -2.13. The van der Waals surface area contributed by atoms with Crippen LogP contribution in [0.15, 0.2) is 60.7 Å². The van der Waals surface area contributed by atoms with Crippen LogP contribution in [0.5, 0.6) is 0 Å². The molecule has 3 aromatic rings. The predicted octanol–water partition coefficient (Wildman–Crippen LogP) is 4.59. The zero-order valence-electron chi connectivity index (χ0n) is 15.0. The predicted molar refractivity (Wildman–Crippen MR) is 101 cm³/mol. The first-order valence-corrected chi connectivity index (χ1v) is 8.71. The normalized spacial score (nSPS) is 10.4. The minimum atomic E-state index is -0.625. The van der Waals surface area contributed by atoms with Crippen LogP contribution in [0.4, 0.5) is 4.39 Å². The van der Waals surface area contributed by atoms with Gasteiger partial charge in [0, 0.05) is 17.7 Å². The van der Waals surface area contributed by atoms with Crippen molar-refractivity contribution >= 4 is 5.97 Å². The summed E-state index contributed by atoms with van der Waals surface area (Å²) in [6, 6.07) is 20.5. The van der Waals surface area contributed by atoms with Crippen molar-refractivity contribution in [3.63, 3.8) is 0 Å². The van der Waals surface area contributed by atoms with Crippen molar-refractivity contribution in [2.75, 3.05) is 6.61 Å². The van der Waals surface area contributed by atoms with Crippen molar-refractivity contribution in [1.29, 1.82) is 5.26 Å². The molecule has 0 aliphatic carbocycles. The van der Waals surface area contributed by atoms with E-state index in [2.05, 4.69) is 0 Å². The molecule has 0 spiro atoms. The molecule has 0 aliphatic rings. The van der Waals surface area contributed by atoms with Crippen LogP contribution < -0.4 is 0 Å². The number of ether oxygens (including phenoxy) is 1. The van der Waals surface area contributed by atoms with E-state index in [-0.39, 0.29) is 30.0 Å². The van der Waals surface area contributed by atoms with Gasteiger partial charge in [0.25, 0.3) is 0 Å². The number of aromatic nitrogens is 1. The molecule has 0 amide bonds. The van der Waals surface area contributed by atoms with E-state index < -0.39 is 11.8 Å².